The van der Waals surface area contributed by atoms with Gasteiger partial charge in [-0.05, 0) is 12.3 Å². The summed E-state index contributed by atoms with van der Waals surface area (Å²) in [6.45, 7) is 1.02. The molecule has 7 nitrogen and oxygen atoms in total. The third-order valence-electron chi connectivity index (χ3n) is 4.20. The number of nitrogens with one attached hydrogen (secondary N) is 1. The highest BCUT2D eigenvalue weighted by atomic mass is 32.2. The molecule has 0 radical (unpaired) electrons. The quantitative estimate of drug-likeness (QED) is 0.400. The van der Waals surface area contributed by atoms with E-state index in [1.165, 1.54) is 48.5 Å². The molecule has 0 spiro atoms. The van der Waals surface area contributed by atoms with E-state index in [4.69, 9.17) is 10.6 Å². The van der Waals surface area contributed by atoms with Crippen LogP contribution in [0.1, 0.15) is 44.3 Å². The van der Waals surface area contributed by atoms with Crippen molar-refractivity contribution in [3.8, 4) is 0 Å². The molecule has 0 aliphatic heterocycles. The second kappa shape index (κ2) is 9.77. The van der Waals surface area contributed by atoms with Gasteiger partial charge in [0, 0.05) is 20.1 Å². The highest BCUT2D eigenvalue weighted by Gasteiger charge is 2.16. The molecular weight excluding hydrogens is 314 g/mol. The van der Waals surface area contributed by atoms with Crippen LogP contribution in [0.4, 0.5) is 0 Å². The monoisotopic (exact) mass is 341 g/mol. The highest BCUT2D eigenvalue weighted by molar-refractivity contribution is 7.99. The summed E-state index contributed by atoms with van der Waals surface area (Å²) in [4.78, 5) is 11.7. The zero-order valence-corrected chi connectivity index (χ0v) is 14.6. The molecule has 1 aromatic heterocycles. The molecule has 1 aliphatic carbocycles. The van der Waals surface area contributed by atoms with Gasteiger partial charge in [0.25, 0.3) is 0 Å². The number of hydrogen-bond donors (Lipinski definition) is 2. The molecule has 1 heterocycles. The van der Waals surface area contributed by atoms with Crippen LogP contribution in [0.25, 0.3) is 0 Å². The van der Waals surface area contributed by atoms with Gasteiger partial charge in [0.05, 0.1) is 12.4 Å². The number of ether oxygens (including phenoxy) is 1. The molecular formula is C15H27N5O2S. The van der Waals surface area contributed by atoms with E-state index in [9.17, 15) is 4.79 Å². The summed E-state index contributed by atoms with van der Waals surface area (Å²) < 4.78 is 6.41. The fourth-order valence-electron chi connectivity index (χ4n) is 2.86. The van der Waals surface area contributed by atoms with Crippen molar-refractivity contribution in [2.24, 2.45) is 5.92 Å². The summed E-state index contributed by atoms with van der Waals surface area (Å²) in [6, 6.07) is 0. The number of amides is 1. The van der Waals surface area contributed by atoms with Gasteiger partial charge in [-0.2, -0.15) is 0 Å². The number of nitrogens with zero attached hydrogens (tertiary/aromatic N) is 3. The minimum Gasteiger partial charge on any atom is -0.383 e. The molecule has 3 N–H and O–H groups in total. The van der Waals surface area contributed by atoms with E-state index >= 15 is 0 Å². The molecule has 0 bridgehead atoms. The van der Waals surface area contributed by atoms with E-state index in [0.717, 1.165) is 24.6 Å². The predicted octanol–water partition coefficient (Wildman–Crippen LogP) is 1.36. The Bertz CT molecular complexity index is 488. The van der Waals surface area contributed by atoms with Gasteiger partial charge < -0.3 is 15.9 Å². The molecule has 0 aromatic carbocycles. The van der Waals surface area contributed by atoms with E-state index in [1.54, 1.807) is 7.11 Å². The molecule has 1 aromatic rings. The molecule has 2 rings (SSSR count). The lowest BCUT2D eigenvalue weighted by molar-refractivity contribution is -0.118. The summed E-state index contributed by atoms with van der Waals surface area (Å²) in [7, 11) is 1.60. The van der Waals surface area contributed by atoms with E-state index < -0.39 is 0 Å². The average Bonchev–Trinajstić information content (AvgIpc) is 2.92. The molecule has 23 heavy (non-hydrogen) atoms. The number of thioether (sulfide) groups is 1. The fourth-order valence-corrected chi connectivity index (χ4v) is 3.56. The molecule has 1 aliphatic rings. The molecule has 0 unspecified atom stereocenters. The second-order valence-corrected chi connectivity index (χ2v) is 6.89. The van der Waals surface area contributed by atoms with Gasteiger partial charge in [-0.3, -0.25) is 4.79 Å². The second-order valence-electron chi connectivity index (χ2n) is 5.94. The van der Waals surface area contributed by atoms with Gasteiger partial charge in [0.1, 0.15) is 0 Å². The molecule has 1 saturated carbocycles. The third-order valence-corrected chi connectivity index (χ3v) is 5.14. The summed E-state index contributed by atoms with van der Waals surface area (Å²) in [5, 5.41) is 11.6. The Morgan fingerprint density at radius 3 is 2.91 bits per heavy atom. The minimum absolute atomic E-state index is 0.0567. The average molecular weight is 341 g/mol. The van der Waals surface area contributed by atoms with Crippen molar-refractivity contribution in [3.05, 3.63) is 5.82 Å². The smallest absolute Gasteiger partial charge is 0.230 e. The van der Waals surface area contributed by atoms with Crippen LogP contribution in [0, 0.1) is 5.92 Å². The van der Waals surface area contributed by atoms with E-state index in [2.05, 4.69) is 15.5 Å². The number of rotatable bonds is 9. The third kappa shape index (κ3) is 6.02. The molecule has 1 amide bonds. The van der Waals surface area contributed by atoms with Crippen molar-refractivity contribution in [1.29, 1.82) is 0 Å². The number of aryl methyl sites for hydroxylation is 1. The zero-order valence-electron chi connectivity index (χ0n) is 13.8. The van der Waals surface area contributed by atoms with Gasteiger partial charge in [-0.15, -0.1) is 10.2 Å². The Morgan fingerprint density at radius 1 is 1.39 bits per heavy atom. The van der Waals surface area contributed by atoms with Crippen LogP contribution < -0.4 is 11.2 Å². The summed E-state index contributed by atoms with van der Waals surface area (Å²) >= 11 is 1.31. The van der Waals surface area contributed by atoms with Crippen molar-refractivity contribution in [2.45, 2.75) is 50.1 Å². The molecule has 0 saturated heterocycles. The number of carbonyl (C=O) groups is 1. The minimum atomic E-state index is -0.0567. The lowest BCUT2D eigenvalue weighted by atomic mass is 9.86. The first kappa shape index (κ1) is 18.1. The number of carbonyl (C=O) groups excluding carboxylic acids is 1. The van der Waals surface area contributed by atoms with Gasteiger partial charge in [0.2, 0.25) is 11.1 Å². The maximum atomic E-state index is 11.7. The van der Waals surface area contributed by atoms with E-state index in [1.807, 2.05) is 0 Å². The van der Waals surface area contributed by atoms with Crippen molar-refractivity contribution >= 4 is 17.7 Å². The Balaban J connectivity index is 1.73. The first-order valence-electron chi connectivity index (χ1n) is 8.28. The molecule has 1 fully saturated rings. The largest absolute Gasteiger partial charge is 0.383 e. The number of methoxy groups -OCH3 is 1. The van der Waals surface area contributed by atoms with Crippen molar-refractivity contribution in [3.63, 3.8) is 0 Å². The summed E-state index contributed by atoms with van der Waals surface area (Å²) in [6.07, 6.45) is 8.69. The standard InChI is InChI=1S/C15H27N5O2S/c1-22-10-9-17-14(21)11-23-15-19-18-13(20(15)16)8-7-12-5-3-2-4-6-12/h12H,2-11,16H2,1H3,(H,17,21). The maximum Gasteiger partial charge on any atom is 0.230 e. The topological polar surface area (TPSA) is 95.1 Å². The Hall–Kier alpha value is -1.28. The number of nitrogen functional groups attached to an aromatic ring is 1. The first-order valence-corrected chi connectivity index (χ1v) is 9.27. The van der Waals surface area contributed by atoms with Crippen molar-refractivity contribution in [1.82, 2.24) is 20.2 Å². The van der Waals surface area contributed by atoms with Gasteiger partial charge in [-0.1, -0.05) is 43.9 Å². The molecule has 0 atom stereocenters. The van der Waals surface area contributed by atoms with Crippen LogP contribution in [0.2, 0.25) is 0 Å². The normalized spacial score (nSPS) is 15.7. The van der Waals surface area contributed by atoms with Crippen molar-refractivity contribution < 1.29 is 9.53 Å². The van der Waals surface area contributed by atoms with Crippen LogP contribution in [-0.4, -0.2) is 46.8 Å². The Labute approximate surface area is 141 Å². The first-order chi connectivity index (χ1) is 11.2. The number of aromatic nitrogens is 3. The van der Waals surface area contributed by atoms with Crippen LogP contribution >= 0.6 is 11.8 Å². The predicted molar refractivity (Wildman–Crippen MR) is 90.7 cm³/mol. The van der Waals surface area contributed by atoms with Crippen LogP contribution in [0.3, 0.4) is 0 Å². The van der Waals surface area contributed by atoms with Crippen LogP contribution in [-0.2, 0) is 16.0 Å². The number of nitrogens with two attached hydrogens (primary N) is 1. The van der Waals surface area contributed by atoms with Gasteiger partial charge in [0.15, 0.2) is 5.82 Å². The van der Waals surface area contributed by atoms with Gasteiger partial charge in [-0.25, -0.2) is 4.68 Å². The fraction of sp³-hybridized carbons (Fsp3) is 0.800. The lowest BCUT2D eigenvalue weighted by Crippen LogP contribution is -2.28. The molecule has 8 heteroatoms. The lowest BCUT2D eigenvalue weighted by Gasteiger charge is -2.20. The maximum absolute atomic E-state index is 11.7. The summed E-state index contributed by atoms with van der Waals surface area (Å²) in [5.74, 6) is 7.87. The summed E-state index contributed by atoms with van der Waals surface area (Å²) in [5.41, 5.74) is 0. The van der Waals surface area contributed by atoms with E-state index in [0.29, 0.717) is 18.3 Å². The zero-order chi connectivity index (χ0) is 16.5. The Kier molecular flexibility index (Phi) is 7.67. The Morgan fingerprint density at radius 2 is 2.17 bits per heavy atom. The highest BCUT2D eigenvalue weighted by Crippen LogP contribution is 2.27. The van der Waals surface area contributed by atoms with Crippen molar-refractivity contribution in [2.75, 3.05) is 31.9 Å². The van der Waals surface area contributed by atoms with E-state index in [-0.39, 0.29) is 11.7 Å². The SMILES string of the molecule is COCCNC(=O)CSc1nnc(CCC2CCCCC2)n1N. The van der Waals surface area contributed by atoms with Crippen LogP contribution in [0.5, 0.6) is 0 Å². The number of hydrogen-bond acceptors (Lipinski definition) is 6. The molecule has 130 valence electrons. The van der Waals surface area contributed by atoms with Gasteiger partial charge >= 0.3 is 0 Å². The van der Waals surface area contributed by atoms with Crippen LogP contribution in [0.15, 0.2) is 5.16 Å².